The first kappa shape index (κ1) is 22.5. The largest absolute Gasteiger partial charge is 0.393 e. The summed E-state index contributed by atoms with van der Waals surface area (Å²) in [5, 5.41) is 12.8. The zero-order chi connectivity index (χ0) is 21.7. The molecule has 0 spiro atoms. The molecule has 0 radical (unpaired) electrons. The van der Waals surface area contributed by atoms with Crippen LogP contribution in [-0.2, 0) is 11.2 Å². The summed E-state index contributed by atoms with van der Waals surface area (Å²) in [5.74, 6) is -4.26. The third-order valence-electron chi connectivity index (χ3n) is 4.62. The maximum atomic E-state index is 13.3. The van der Waals surface area contributed by atoms with E-state index in [1.54, 1.807) is 19.1 Å². The summed E-state index contributed by atoms with van der Waals surface area (Å²) in [6.45, 7) is 9.82. The highest BCUT2D eigenvalue weighted by Gasteiger charge is 2.26. The number of carbonyl (C=O) groups is 2. The average molecular weight is 421 g/mol. The number of ketones is 1. The Balaban J connectivity index is 2.10. The van der Waals surface area contributed by atoms with E-state index in [0.717, 1.165) is 18.2 Å². The monoisotopic (exact) mass is 420 g/mol. The molecule has 0 fully saturated rings. The minimum absolute atomic E-state index is 0.0739. The van der Waals surface area contributed by atoms with Crippen LogP contribution in [0.4, 0.5) is 14.5 Å². The fraction of sp³-hybridized carbons (Fsp3) is 0.286. The zero-order valence-electron chi connectivity index (χ0n) is 15.8. The number of nitrogens with zero attached hydrogens (tertiary/aromatic N) is 1. The van der Waals surface area contributed by atoms with Gasteiger partial charge in [0, 0.05) is 5.56 Å². The van der Waals surface area contributed by atoms with Crippen molar-refractivity contribution in [2.75, 3.05) is 6.54 Å². The number of carbonyl (C=O) groups excluding carboxylic acids is 2. The molecule has 8 heteroatoms. The summed E-state index contributed by atoms with van der Waals surface area (Å²) in [7, 11) is 0. The van der Waals surface area contributed by atoms with E-state index in [1.165, 1.54) is 6.92 Å². The predicted molar refractivity (Wildman–Crippen MR) is 105 cm³/mol. The third-order valence-corrected chi connectivity index (χ3v) is 5.10. The van der Waals surface area contributed by atoms with Gasteiger partial charge in [0.2, 0.25) is 11.6 Å². The van der Waals surface area contributed by atoms with Gasteiger partial charge in [-0.2, -0.15) is 0 Å². The van der Waals surface area contributed by atoms with Crippen LogP contribution in [-0.4, -0.2) is 29.4 Å². The standard InChI is InChI=1S/C21H19ClF2N2O3/c1-11-13(5-7-18(25-3)20(11)22)8-15(12(2)27)21(29)26-10-19(28)14-4-6-16(23)17(24)9-14/h4-7,9,12,15,27H,8,10H2,1-2H3,(H,26,29)/t12-,15?/m1/s1. The zero-order valence-corrected chi connectivity index (χ0v) is 16.6. The Morgan fingerprint density at radius 3 is 2.52 bits per heavy atom. The molecule has 1 unspecified atom stereocenters. The molecule has 0 heterocycles. The van der Waals surface area contributed by atoms with E-state index >= 15 is 0 Å². The Labute approximate surface area is 172 Å². The van der Waals surface area contributed by atoms with Crippen LogP contribution in [0.25, 0.3) is 4.85 Å². The van der Waals surface area contributed by atoms with Gasteiger partial charge < -0.3 is 10.4 Å². The second-order valence-corrected chi connectivity index (χ2v) is 6.99. The van der Waals surface area contributed by atoms with Crippen molar-refractivity contribution >= 4 is 29.0 Å². The molecule has 0 aliphatic rings. The predicted octanol–water partition coefficient (Wildman–Crippen LogP) is 4.02. The van der Waals surface area contributed by atoms with E-state index < -0.39 is 41.9 Å². The van der Waals surface area contributed by atoms with Crippen LogP contribution in [0.2, 0.25) is 5.02 Å². The number of nitrogens with one attached hydrogen (secondary N) is 1. The lowest BCUT2D eigenvalue weighted by Crippen LogP contribution is -2.40. The summed E-state index contributed by atoms with van der Waals surface area (Å²) < 4.78 is 26.2. The lowest BCUT2D eigenvalue weighted by Gasteiger charge is -2.21. The van der Waals surface area contributed by atoms with Gasteiger partial charge in [0.15, 0.2) is 17.4 Å². The molecule has 0 saturated heterocycles. The Bertz CT molecular complexity index is 987. The smallest absolute Gasteiger partial charge is 0.226 e. The van der Waals surface area contributed by atoms with E-state index in [2.05, 4.69) is 10.2 Å². The van der Waals surface area contributed by atoms with Crippen molar-refractivity contribution in [3.8, 4) is 0 Å². The number of rotatable bonds is 7. The average Bonchev–Trinajstić information content (AvgIpc) is 2.68. The molecule has 152 valence electrons. The summed E-state index contributed by atoms with van der Waals surface area (Å²) in [4.78, 5) is 28.0. The van der Waals surface area contributed by atoms with Crippen molar-refractivity contribution in [2.45, 2.75) is 26.4 Å². The van der Waals surface area contributed by atoms with E-state index in [0.29, 0.717) is 16.8 Å². The Hall–Kier alpha value is -2.82. The molecule has 29 heavy (non-hydrogen) atoms. The van der Waals surface area contributed by atoms with Crippen LogP contribution in [0, 0.1) is 31.0 Å². The Morgan fingerprint density at radius 1 is 1.24 bits per heavy atom. The molecule has 2 N–H and O–H groups in total. The highest BCUT2D eigenvalue weighted by atomic mass is 35.5. The molecule has 0 aliphatic heterocycles. The molecule has 2 rings (SSSR count). The summed E-state index contributed by atoms with van der Waals surface area (Å²) >= 11 is 6.16. The van der Waals surface area contributed by atoms with Crippen LogP contribution in [0.15, 0.2) is 30.3 Å². The molecule has 2 atom stereocenters. The number of aliphatic hydroxyl groups is 1. The first-order valence-corrected chi connectivity index (χ1v) is 9.13. The fourth-order valence-corrected chi connectivity index (χ4v) is 3.03. The Morgan fingerprint density at radius 2 is 1.93 bits per heavy atom. The van der Waals surface area contributed by atoms with Gasteiger partial charge in [0.05, 0.1) is 30.2 Å². The van der Waals surface area contributed by atoms with Gasteiger partial charge in [0.25, 0.3) is 0 Å². The first-order chi connectivity index (χ1) is 13.6. The molecule has 0 saturated carbocycles. The highest BCUT2D eigenvalue weighted by Crippen LogP contribution is 2.32. The van der Waals surface area contributed by atoms with E-state index in [9.17, 15) is 23.5 Å². The topological polar surface area (TPSA) is 70.8 Å². The van der Waals surface area contributed by atoms with Gasteiger partial charge in [-0.15, -0.1) is 0 Å². The van der Waals surface area contributed by atoms with Gasteiger partial charge in [-0.05, 0) is 49.6 Å². The molecule has 2 aromatic rings. The van der Waals surface area contributed by atoms with Gasteiger partial charge in [-0.25, -0.2) is 13.6 Å². The van der Waals surface area contributed by atoms with Crippen LogP contribution in [0.5, 0.6) is 0 Å². The summed E-state index contributed by atoms with van der Waals surface area (Å²) in [6.07, 6.45) is -0.876. The molecule has 0 aliphatic carbocycles. The molecular formula is C21H19ClF2N2O3. The number of amides is 1. The number of benzene rings is 2. The summed E-state index contributed by atoms with van der Waals surface area (Å²) in [6, 6.07) is 5.94. The number of hydrogen-bond donors (Lipinski definition) is 2. The number of hydrogen-bond acceptors (Lipinski definition) is 3. The lowest BCUT2D eigenvalue weighted by molar-refractivity contribution is -0.127. The first-order valence-electron chi connectivity index (χ1n) is 8.75. The number of Topliss-reactive ketones (excluding diaryl/α,β-unsaturated/α-hetero) is 1. The van der Waals surface area contributed by atoms with Gasteiger partial charge >= 0.3 is 0 Å². The van der Waals surface area contributed by atoms with Gasteiger partial charge in [-0.1, -0.05) is 23.7 Å². The second-order valence-electron chi connectivity index (χ2n) is 6.62. The Kier molecular flexibility index (Phi) is 7.43. The molecule has 0 bridgehead atoms. The fourth-order valence-electron chi connectivity index (χ4n) is 2.81. The van der Waals surface area contributed by atoms with Crippen molar-refractivity contribution in [1.29, 1.82) is 0 Å². The molecule has 0 aromatic heterocycles. The van der Waals surface area contributed by atoms with E-state index in [-0.39, 0.29) is 17.0 Å². The minimum Gasteiger partial charge on any atom is -0.393 e. The van der Waals surface area contributed by atoms with Gasteiger partial charge in [-0.3, -0.25) is 9.59 Å². The number of aliphatic hydroxyl groups excluding tert-OH is 1. The maximum absolute atomic E-state index is 13.3. The third kappa shape index (κ3) is 5.37. The number of halogens is 3. The quantitative estimate of drug-likeness (QED) is 0.525. The minimum atomic E-state index is -1.15. The van der Waals surface area contributed by atoms with Gasteiger partial charge in [0.1, 0.15) is 0 Å². The van der Waals surface area contributed by atoms with Crippen molar-refractivity contribution in [3.63, 3.8) is 0 Å². The van der Waals surface area contributed by atoms with Crippen LogP contribution >= 0.6 is 11.6 Å². The van der Waals surface area contributed by atoms with Crippen molar-refractivity contribution in [1.82, 2.24) is 5.32 Å². The van der Waals surface area contributed by atoms with E-state index in [4.69, 9.17) is 18.2 Å². The second kappa shape index (κ2) is 9.59. The van der Waals surface area contributed by atoms with Crippen molar-refractivity contribution in [2.24, 2.45) is 5.92 Å². The normalized spacial score (nSPS) is 12.7. The van der Waals surface area contributed by atoms with Crippen molar-refractivity contribution in [3.05, 3.63) is 75.1 Å². The van der Waals surface area contributed by atoms with Crippen LogP contribution in [0.1, 0.15) is 28.4 Å². The molecule has 1 amide bonds. The maximum Gasteiger partial charge on any atom is 0.226 e. The highest BCUT2D eigenvalue weighted by molar-refractivity contribution is 6.34. The van der Waals surface area contributed by atoms with Crippen molar-refractivity contribution < 1.29 is 23.5 Å². The molecular weight excluding hydrogens is 402 g/mol. The lowest BCUT2D eigenvalue weighted by atomic mass is 9.91. The van der Waals surface area contributed by atoms with Crippen LogP contribution < -0.4 is 5.32 Å². The van der Waals surface area contributed by atoms with Crippen LogP contribution in [0.3, 0.4) is 0 Å². The SMILES string of the molecule is [C-]#[N+]c1ccc(CC(C(=O)NCC(=O)c2ccc(F)c(F)c2)[C@@H](C)O)c(C)c1Cl. The van der Waals surface area contributed by atoms with E-state index in [1.807, 2.05) is 0 Å². The molecule has 2 aromatic carbocycles. The summed E-state index contributed by atoms with van der Waals surface area (Å²) in [5.41, 5.74) is 1.55. The molecule has 5 nitrogen and oxygen atoms in total.